The highest BCUT2D eigenvalue weighted by molar-refractivity contribution is 5.53. The summed E-state index contributed by atoms with van der Waals surface area (Å²) >= 11 is 0. The Morgan fingerprint density at radius 3 is 2.72 bits per heavy atom. The van der Waals surface area contributed by atoms with E-state index >= 15 is 0 Å². The van der Waals surface area contributed by atoms with Crippen molar-refractivity contribution in [2.45, 2.75) is 32.6 Å². The molecule has 2 atom stereocenters. The Morgan fingerprint density at radius 1 is 1.20 bits per heavy atom. The molecular weight excluding hydrogens is 306 g/mol. The molecule has 3 rings (SSSR count). The summed E-state index contributed by atoms with van der Waals surface area (Å²) in [4.78, 5) is 2.53. The minimum absolute atomic E-state index is 0.134. The minimum atomic E-state index is 0.134. The first kappa shape index (κ1) is 17.8. The van der Waals surface area contributed by atoms with Crippen LogP contribution in [0.4, 0.5) is 0 Å². The quantitative estimate of drug-likeness (QED) is 0.848. The molecule has 0 unspecified atom stereocenters. The van der Waals surface area contributed by atoms with Crippen molar-refractivity contribution in [3.63, 3.8) is 0 Å². The van der Waals surface area contributed by atoms with Crippen molar-refractivity contribution in [3.05, 3.63) is 71.3 Å². The fourth-order valence-electron chi connectivity index (χ4n) is 3.88. The van der Waals surface area contributed by atoms with Crippen LogP contribution in [0.1, 0.15) is 37.0 Å². The molecule has 0 aliphatic carbocycles. The van der Waals surface area contributed by atoms with E-state index in [2.05, 4.69) is 68.2 Å². The van der Waals surface area contributed by atoms with Gasteiger partial charge in [-0.1, -0.05) is 62.4 Å². The first-order valence-electron chi connectivity index (χ1n) is 9.23. The summed E-state index contributed by atoms with van der Waals surface area (Å²) in [6, 6.07) is 16.3. The van der Waals surface area contributed by atoms with E-state index in [1.165, 1.54) is 16.7 Å². The molecule has 0 aromatic heterocycles. The third-order valence-corrected chi connectivity index (χ3v) is 5.92. The zero-order chi connectivity index (χ0) is 17.9. The molecule has 2 aromatic carbocycles. The fourth-order valence-corrected chi connectivity index (χ4v) is 3.88. The lowest BCUT2D eigenvalue weighted by atomic mass is 9.68. The Hall–Kier alpha value is -2.06. The van der Waals surface area contributed by atoms with Crippen molar-refractivity contribution in [1.29, 1.82) is 0 Å². The number of aromatic hydroxyl groups is 1. The largest absolute Gasteiger partial charge is 0.508 e. The molecule has 2 aromatic rings. The van der Waals surface area contributed by atoms with Gasteiger partial charge in [-0.3, -0.25) is 4.90 Å². The van der Waals surface area contributed by atoms with Crippen LogP contribution < -0.4 is 0 Å². The van der Waals surface area contributed by atoms with Crippen LogP contribution in [0.25, 0.3) is 6.08 Å². The molecule has 1 N–H and O–H groups in total. The summed E-state index contributed by atoms with van der Waals surface area (Å²) in [6.07, 6.45) is 5.64. The van der Waals surface area contributed by atoms with Crippen molar-refractivity contribution in [2.24, 2.45) is 5.92 Å². The maximum Gasteiger partial charge on any atom is 0.115 e. The SMILES string of the molecule is Cc1ccccc1/C=C/CN1CC[C@@](C)(c2cccc(O)c2)[C@H](C)C1. The third-order valence-electron chi connectivity index (χ3n) is 5.92. The molecule has 1 fully saturated rings. The highest BCUT2D eigenvalue weighted by atomic mass is 16.3. The number of hydrogen-bond acceptors (Lipinski definition) is 2. The van der Waals surface area contributed by atoms with Crippen molar-refractivity contribution in [3.8, 4) is 5.75 Å². The molecule has 132 valence electrons. The molecular formula is C23H29NO. The van der Waals surface area contributed by atoms with Crippen LogP contribution >= 0.6 is 0 Å². The van der Waals surface area contributed by atoms with E-state index in [1.54, 1.807) is 6.07 Å². The molecule has 1 heterocycles. The van der Waals surface area contributed by atoms with Crippen LogP contribution in [-0.4, -0.2) is 29.6 Å². The number of phenolic OH excluding ortho intramolecular Hbond substituents is 1. The van der Waals surface area contributed by atoms with Crippen molar-refractivity contribution < 1.29 is 5.11 Å². The number of benzene rings is 2. The molecule has 2 nitrogen and oxygen atoms in total. The molecule has 1 aliphatic heterocycles. The average Bonchev–Trinajstić information content (AvgIpc) is 2.60. The van der Waals surface area contributed by atoms with Gasteiger partial charge in [0.1, 0.15) is 5.75 Å². The number of phenols is 1. The zero-order valence-corrected chi connectivity index (χ0v) is 15.6. The summed E-state index contributed by atoms with van der Waals surface area (Å²) in [5, 5.41) is 9.82. The lowest BCUT2D eigenvalue weighted by Crippen LogP contribution is -2.47. The van der Waals surface area contributed by atoms with E-state index in [0.29, 0.717) is 11.7 Å². The molecule has 0 saturated carbocycles. The van der Waals surface area contributed by atoms with Gasteiger partial charge in [-0.2, -0.15) is 0 Å². The van der Waals surface area contributed by atoms with Gasteiger partial charge in [-0.25, -0.2) is 0 Å². The van der Waals surface area contributed by atoms with E-state index in [0.717, 1.165) is 26.1 Å². The molecule has 0 spiro atoms. The van der Waals surface area contributed by atoms with Gasteiger partial charge in [0.25, 0.3) is 0 Å². The first-order chi connectivity index (χ1) is 12.0. The maximum atomic E-state index is 9.82. The van der Waals surface area contributed by atoms with Gasteiger partial charge < -0.3 is 5.11 Å². The van der Waals surface area contributed by atoms with Gasteiger partial charge >= 0.3 is 0 Å². The Bertz CT molecular complexity index is 751. The first-order valence-corrected chi connectivity index (χ1v) is 9.23. The van der Waals surface area contributed by atoms with E-state index < -0.39 is 0 Å². The Balaban J connectivity index is 1.63. The number of piperidine rings is 1. The van der Waals surface area contributed by atoms with Crippen molar-refractivity contribution in [2.75, 3.05) is 19.6 Å². The Labute approximate surface area is 151 Å². The summed E-state index contributed by atoms with van der Waals surface area (Å²) in [5.41, 5.74) is 4.02. The second-order valence-electron chi connectivity index (χ2n) is 7.64. The monoisotopic (exact) mass is 335 g/mol. The van der Waals surface area contributed by atoms with Crippen LogP contribution in [0.3, 0.4) is 0 Å². The van der Waals surface area contributed by atoms with Crippen LogP contribution in [0.2, 0.25) is 0 Å². The van der Waals surface area contributed by atoms with Gasteiger partial charge in [-0.05, 0) is 60.0 Å². The van der Waals surface area contributed by atoms with Crippen LogP contribution in [0, 0.1) is 12.8 Å². The second kappa shape index (κ2) is 7.45. The molecule has 0 radical (unpaired) electrons. The third kappa shape index (κ3) is 3.96. The molecule has 1 saturated heterocycles. The number of aryl methyl sites for hydroxylation is 1. The Morgan fingerprint density at radius 2 is 2.00 bits per heavy atom. The summed E-state index contributed by atoms with van der Waals surface area (Å²) < 4.78 is 0. The van der Waals surface area contributed by atoms with E-state index in [1.807, 2.05) is 12.1 Å². The zero-order valence-electron chi connectivity index (χ0n) is 15.6. The second-order valence-corrected chi connectivity index (χ2v) is 7.64. The topological polar surface area (TPSA) is 23.5 Å². The molecule has 2 heteroatoms. The normalized spacial score (nSPS) is 24.7. The van der Waals surface area contributed by atoms with E-state index in [-0.39, 0.29) is 5.41 Å². The fraction of sp³-hybridized carbons (Fsp3) is 0.391. The maximum absolute atomic E-state index is 9.82. The molecule has 0 amide bonds. The van der Waals surface area contributed by atoms with Gasteiger partial charge in [0.2, 0.25) is 0 Å². The smallest absolute Gasteiger partial charge is 0.115 e. The average molecular weight is 335 g/mol. The van der Waals surface area contributed by atoms with Gasteiger partial charge in [0, 0.05) is 13.1 Å². The standard InChI is InChI=1S/C23H29NO/c1-18-8-4-5-9-20(18)10-7-14-24-15-13-23(3,19(2)17-24)21-11-6-12-22(25)16-21/h4-12,16,19,25H,13-15,17H2,1-3H3/b10-7+/t19-,23-/m1/s1. The van der Waals surface area contributed by atoms with Crippen LogP contribution in [0.5, 0.6) is 5.75 Å². The van der Waals surface area contributed by atoms with E-state index in [9.17, 15) is 5.11 Å². The number of hydrogen-bond donors (Lipinski definition) is 1. The number of likely N-dealkylation sites (tertiary alicyclic amines) is 1. The van der Waals surface area contributed by atoms with Gasteiger partial charge in [-0.15, -0.1) is 0 Å². The highest BCUT2D eigenvalue weighted by Gasteiger charge is 2.37. The number of nitrogens with zero attached hydrogens (tertiary/aromatic N) is 1. The lowest BCUT2D eigenvalue weighted by molar-refractivity contribution is 0.121. The number of rotatable bonds is 4. The Kier molecular flexibility index (Phi) is 5.29. The summed E-state index contributed by atoms with van der Waals surface area (Å²) in [6.45, 7) is 10.0. The predicted molar refractivity (Wildman–Crippen MR) is 106 cm³/mol. The highest BCUT2D eigenvalue weighted by Crippen LogP contribution is 2.40. The molecule has 25 heavy (non-hydrogen) atoms. The van der Waals surface area contributed by atoms with Crippen molar-refractivity contribution >= 4 is 6.08 Å². The predicted octanol–water partition coefficient (Wildman–Crippen LogP) is 5.01. The van der Waals surface area contributed by atoms with Crippen LogP contribution in [0.15, 0.2) is 54.6 Å². The van der Waals surface area contributed by atoms with Crippen LogP contribution in [-0.2, 0) is 5.41 Å². The molecule has 0 bridgehead atoms. The van der Waals surface area contributed by atoms with E-state index in [4.69, 9.17) is 0 Å². The van der Waals surface area contributed by atoms with Gasteiger partial charge in [0.15, 0.2) is 0 Å². The lowest BCUT2D eigenvalue weighted by Gasteiger charge is -2.45. The van der Waals surface area contributed by atoms with Gasteiger partial charge in [0.05, 0.1) is 0 Å². The molecule has 1 aliphatic rings. The van der Waals surface area contributed by atoms with Crippen molar-refractivity contribution in [1.82, 2.24) is 4.90 Å². The minimum Gasteiger partial charge on any atom is -0.508 e. The summed E-state index contributed by atoms with van der Waals surface area (Å²) in [5.74, 6) is 0.921. The summed E-state index contributed by atoms with van der Waals surface area (Å²) in [7, 11) is 0.